The summed E-state index contributed by atoms with van der Waals surface area (Å²) >= 11 is 0. The van der Waals surface area contributed by atoms with Crippen molar-refractivity contribution in [2.75, 3.05) is 13.2 Å². The minimum atomic E-state index is -0.0337. The fourth-order valence-electron chi connectivity index (χ4n) is 1.55. The molecule has 0 saturated carbocycles. The van der Waals surface area contributed by atoms with Gasteiger partial charge in [-0.15, -0.1) is 10.2 Å². The molecule has 1 aliphatic heterocycles. The molecule has 0 spiro atoms. The zero-order valence-corrected chi connectivity index (χ0v) is 9.23. The van der Waals surface area contributed by atoms with Gasteiger partial charge in [0.25, 0.3) is 0 Å². The van der Waals surface area contributed by atoms with Gasteiger partial charge >= 0.3 is 0 Å². The number of aryl methyl sites for hydroxylation is 1. The van der Waals surface area contributed by atoms with Gasteiger partial charge in [0.1, 0.15) is 0 Å². The minimum Gasteiger partial charge on any atom is -0.423 e. The van der Waals surface area contributed by atoms with Gasteiger partial charge in [0.2, 0.25) is 17.7 Å². The lowest BCUT2D eigenvalue weighted by molar-refractivity contribution is -0.125. The van der Waals surface area contributed by atoms with E-state index < -0.39 is 0 Å². The van der Waals surface area contributed by atoms with Crippen molar-refractivity contribution >= 4 is 5.91 Å². The Morgan fingerprint density at radius 2 is 2.31 bits per heavy atom. The predicted octanol–water partition coefficient (Wildman–Crippen LogP) is 0.285. The van der Waals surface area contributed by atoms with Crippen LogP contribution in [0.5, 0.6) is 0 Å². The second-order valence-corrected chi connectivity index (χ2v) is 3.72. The van der Waals surface area contributed by atoms with Crippen LogP contribution in [-0.2, 0) is 22.5 Å². The summed E-state index contributed by atoms with van der Waals surface area (Å²) < 4.78 is 10.4. The molecule has 2 rings (SSSR count). The number of carbonyl (C=O) groups is 1. The maximum absolute atomic E-state index is 11.6. The molecule has 16 heavy (non-hydrogen) atoms. The first-order valence-electron chi connectivity index (χ1n) is 5.46. The van der Waals surface area contributed by atoms with Crippen LogP contribution in [0.15, 0.2) is 4.42 Å². The molecule has 2 heterocycles. The zero-order chi connectivity index (χ0) is 11.4. The number of rotatable bonds is 4. The Labute approximate surface area is 93.4 Å². The fraction of sp³-hybridized carbons (Fsp3) is 0.700. The highest BCUT2D eigenvalue weighted by atomic mass is 16.5. The molecular formula is C10H15N3O3. The maximum atomic E-state index is 11.6. The Morgan fingerprint density at radius 3 is 2.94 bits per heavy atom. The molecule has 6 heteroatoms. The van der Waals surface area contributed by atoms with Gasteiger partial charge < -0.3 is 14.5 Å². The van der Waals surface area contributed by atoms with Crippen molar-refractivity contribution in [2.24, 2.45) is 5.92 Å². The van der Waals surface area contributed by atoms with E-state index >= 15 is 0 Å². The molecule has 1 amide bonds. The van der Waals surface area contributed by atoms with E-state index in [2.05, 4.69) is 15.5 Å². The average molecular weight is 225 g/mol. The van der Waals surface area contributed by atoms with E-state index in [0.29, 0.717) is 38.0 Å². The summed E-state index contributed by atoms with van der Waals surface area (Å²) in [5.41, 5.74) is 0. The van der Waals surface area contributed by atoms with Gasteiger partial charge in [-0.05, 0) is 6.42 Å². The lowest BCUT2D eigenvalue weighted by Gasteiger charge is -2.06. The molecule has 1 aliphatic rings. The number of nitrogens with one attached hydrogen (secondary N) is 1. The van der Waals surface area contributed by atoms with E-state index in [0.717, 1.165) is 6.42 Å². The lowest BCUT2D eigenvalue weighted by Crippen LogP contribution is -2.30. The van der Waals surface area contributed by atoms with Crippen LogP contribution in [0.3, 0.4) is 0 Å². The Morgan fingerprint density at radius 1 is 1.50 bits per heavy atom. The van der Waals surface area contributed by atoms with Crippen LogP contribution in [0.4, 0.5) is 0 Å². The van der Waals surface area contributed by atoms with Crippen molar-refractivity contribution in [3.8, 4) is 0 Å². The molecule has 1 fully saturated rings. The third-order valence-corrected chi connectivity index (χ3v) is 2.53. The number of hydrogen-bond donors (Lipinski definition) is 1. The Bertz CT molecular complexity index is 358. The molecule has 6 nitrogen and oxygen atoms in total. The summed E-state index contributed by atoms with van der Waals surface area (Å²) in [6.45, 7) is 3.41. The van der Waals surface area contributed by atoms with Crippen molar-refractivity contribution in [3.05, 3.63) is 11.8 Å². The van der Waals surface area contributed by atoms with E-state index in [1.54, 1.807) is 0 Å². The monoisotopic (exact) mass is 225 g/mol. The summed E-state index contributed by atoms with van der Waals surface area (Å²) in [6, 6.07) is 0. The zero-order valence-electron chi connectivity index (χ0n) is 9.23. The summed E-state index contributed by atoms with van der Waals surface area (Å²) in [5, 5.41) is 10.4. The predicted molar refractivity (Wildman–Crippen MR) is 54.4 cm³/mol. The summed E-state index contributed by atoms with van der Waals surface area (Å²) in [7, 11) is 0. The third kappa shape index (κ3) is 2.57. The van der Waals surface area contributed by atoms with Gasteiger partial charge in [0.05, 0.1) is 19.1 Å². The van der Waals surface area contributed by atoms with Crippen LogP contribution in [0.2, 0.25) is 0 Å². The molecule has 1 saturated heterocycles. The van der Waals surface area contributed by atoms with E-state index in [4.69, 9.17) is 9.15 Å². The average Bonchev–Trinajstić information content (AvgIpc) is 2.96. The van der Waals surface area contributed by atoms with Crippen LogP contribution in [0, 0.1) is 5.92 Å². The van der Waals surface area contributed by atoms with Crippen molar-refractivity contribution in [2.45, 2.75) is 26.3 Å². The molecular weight excluding hydrogens is 210 g/mol. The number of aromatic nitrogens is 2. The van der Waals surface area contributed by atoms with E-state index in [-0.39, 0.29) is 11.8 Å². The highest BCUT2D eigenvalue weighted by Crippen LogP contribution is 2.12. The Hall–Kier alpha value is -1.43. The first-order valence-corrected chi connectivity index (χ1v) is 5.46. The second-order valence-electron chi connectivity index (χ2n) is 3.72. The molecule has 1 aromatic heterocycles. The molecule has 0 bridgehead atoms. The Kier molecular flexibility index (Phi) is 3.51. The number of amides is 1. The fourth-order valence-corrected chi connectivity index (χ4v) is 1.55. The summed E-state index contributed by atoms with van der Waals surface area (Å²) in [5.74, 6) is 1.000. The van der Waals surface area contributed by atoms with Crippen LogP contribution < -0.4 is 5.32 Å². The van der Waals surface area contributed by atoms with Crippen molar-refractivity contribution in [1.82, 2.24) is 15.5 Å². The molecule has 1 aromatic rings. The van der Waals surface area contributed by atoms with Crippen molar-refractivity contribution < 1.29 is 13.9 Å². The van der Waals surface area contributed by atoms with Crippen LogP contribution in [0.25, 0.3) is 0 Å². The molecule has 1 N–H and O–H groups in total. The smallest absolute Gasteiger partial charge is 0.235 e. The van der Waals surface area contributed by atoms with Crippen LogP contribution >= 0.6 is 0 Å². The SMILES string of the molecule is CCc1nnc(CNC(=O)C2CCOC2)o1. The highest BCUT2D eigenvalue weighted by Gasteiger charge is 2.23. The first kappa shape index (κ1) is 11.1. The largest absolute Gasteiger partial charge is 0.423 e. The molecule has 0 aliphatic carbocycles. The van der Waals surface area contributed by atoms with Crippen LogP contribution in [-0.4, -0.2) is 29.3 Å². The molecule has 0 aromatic carbocycles. The van der Waals surface area contributed by atoms with E-state index in [9.17, 15) is 4.79 Å². The molecule has 1 atom stereocenters. The highest BCUT2D eigenvalue weighted by molar-refractivity contribution is 5.78. The number of nitrogens with zero attached hydrogens (tertiary/aromatic N) is 2. The van der Waals surface area contributed by atoms with Crippen LogP contribution in [0.1, 0.15) is 25.1 Å². The van der Waals surface area contributed by atoms with E-state index in [1.165, 1.54) is 0 Å². The topological polar surface area (TPSA) is 77.2 Å². The number of hydrogen-bond acceptors (Lipinski definition) is 5. The number of ether oxygens (including phenoxy) is 1. The van der Waals surface area contributed by atoms with Gasteiger partial charge in [-0.25, -0.2) is 0 Å². The third-order valence-electron chi connectivity index (χ3n) is 2.53. The van der Waals surface area contributed by atoms with Gasteiger partial charge in [0.15, 0.2) is 0 Å². The molecule has 88 valence electrons. The standard InChI is InChI=1S/C10H15N3O3/c1-2-8-12-13-9(16-8)5-11-10(14)7-3-4-15-6-7/h7H,2-6H2,1H3,(H,11,14). The summed E-state index contributed by atoms with van der Waals surface area (Å²) in [4.78, 5) is 11.6. The van der Waals surface area contributed by atoms with Gasteiger partial charge in [-0.1, -0.05) is 6.92 Å². The second kappa shape index (κ2) is 5.07. The normalized spacial score (nSPS) is 19.9. The van der Waals surface area contributed by atoms with Gasteiger partial charge in [-0.3, -0.25) is 4.79 Å². The van der Waals surface area contributed by atoms with Gasteiger partial charge in [0, 0.05) is 13.0 Å². The Balaban J connectivity index is 1.80. The summed E-state index contributed by atoms with van der Waals surface area (Å²) in [6.07, 6.45) is 1.49. The molecule has 0 radical (unpaired) electrons. The minimum absolute atomic E-state index is 0.00579. The molecule has 1 unspecified atom stereocenters. The first-order chi connectivity index (χ1) is 7.79. The van der Waals surface area contributed by atoms with E-state index in [1.807, 2.05) is 6.92 Å². The maximum Gasteiger partial charge on any atom is 0.235 e. The quantitative estimate of drug-likeness (QED) is 0.796. The van der Waals surface area contributed by atoms with Crippen molar-refractivity contribution in [1.29, 1.82) is 0 Å². The number of carbonyl (C=O) groups excluding carboxylic acids is 1. The lowest BCUT2D eigenvalue weighted by atomic mass is 10.1. The van der Waals surface area contributed by atoms with Gasteiger partial charge in [-0.2, -0.15) is 0 Å². The van der Waals surface area contributed by atoms with Crippen molar-refractivity contribution in [3.63, 3.8) is 0 Å².